The third-order valence-corrected chi connectivity index (χ3v) is 6.03. The summed E-state index contributed by atoms with van der Waals surface area (Å²) in [5.41, 5.74) is 1.46. The van der Waals surface area contributed by atoms with E-state index in [4.69, 9.17) is 23.9 Å². The highest BCUT2D eigenvalue weighted by Gasteiger charge is 2.33. The van der Waals surface area contributed by atoms with Crippen LogP contribution in [0.2, 0.25) is 0 Å². The third-order valence-electron chi connectivity index (χ3n) is 6.03. The number of ether oxygens (including phenoxy) is 1. The van der Waals surface area contributed by atoms with Crippen LogP contribution in [0.5, 0.6) is 11.5 Å². The Hall–Kier alpha value is -1.96. The maximum absolute atomic E-state index is 10.4. The van der Waals surface area contributed by atoms with Crippen molar-refractivity contribution >= 4 is 0 Å². The van der Waals surface area contributed by atoms with Crippen molar-refractivity contribution in [2.24, 2.45) is 0 Å². The van der Waals surface area contributed by atoms with E-state index in [1.165, 1.54) is 0 Å². The molecule has 0 aliphatic carbocycles. The Morgan fingerprint density at radius 3 is 2.58 bits per heavy atom. The maximum Gasteiger partial charge on any atom is 0.127 e. The zero-order valence-corrected chi connectivity index (χ0v) is 19.3. The molecule has 0 fully saturated rings. The van der Waals surface area contributed by atoms with Crippen molar-refractivity contribution in [1.82, 2.24) is 0 Å². The predicted octanol–water partition coefficient (Wildman–Crippen LogP) is 8.60. The Bertz CT molecular complexity index is 1340. The number of aromatic hydroxyl groups is 1. The first-order chi connectivity index (χ1) is 20.1. The lowest BCUT2D eigenvalue weighted by Crippen LogP contribution is -2.37. The van der Waals surface area contributed by atoms with Gasteiger partial charge in [0.2, 0.25) is 0 Å². The molecular weight excluding hydrogens is 380 g/mol. The van der Waals surface area contributed by atoms with E-state index in [1.807, 2.05) is 40.7 Å². The molecule has 2 nitrogen and oxygen atoms in total. The molecule has 0 aromatic heterocycles. The highest BCUT2D eigenvalue weighted by molar-refractivity contribution is 5.58. The van der Waals surface area contributed by atoms with E-state index in [1.54, 1.807) is 0 Å². The minimum absolute atomic E-state index is 0.0104. The van der Waals surface area contributed by atoms with Crippen molar-refractivity contribution in [2.75, 3.05) is 0 Å². The number of fused-ring (bicyclic) bond motifs is 1. The number of rotatable bonds is 9. The number of allylic oxidation sites excluding steroid dienone is 6. The van der Waals surface area contributed by atoms with Gasteiger partial charge < -0.3 is 9.84 Å². The molecule has 1 aliphatic heterocycles. The summed E-state index contributed by atoms with van der Waals surface area (Å²) in [5.74, 6) is 1.11. The Morgan fingerprint density at radius 1 is 1.13 bits per heavy atom. The minimum atomic E-state index is -3.58. The van der Waals surface area contributed by atoms with Gasteiger partial charge in [-0.3, -0.25) is 0 Å². The van der Waals surface area contributed by atoms with E-state index >= 15 is 0 Å². The summed E-state index contributed by atoms with van der Waals surface area (Å²) in [6.07, 6.45) is -0.817. The normalized spacial score (nSPS) is 27.9. The lowest BCUT2D eigenvalue weighted by Gasteiger charge is -2.38. The number of benzene rings is 1. The van der Waals surface area contributed by atoms with Crippen molar-refractivity contribution < 1.29 is 29.0 Å². The van der Waals surface area contributed by atoms with Gasteiger partial charge in [-0.1, -0.05) is 34.9 Å². The molecule has 1 heterocycles. The molecule has 0 amide bonds. The van der Waals surface area contributed by atoms with Crippen molar-refractivity contribution in [2.45, 2.75) is 112 Å². The summed E-state index contributed by atoms with van der Waals surface area (Å²) >= 11 is 0. The predicted molar refractivity (Wildman–Crippen MR) is 134 cm³/mol. The lowest BCUT2D eigenvalue weighted by atomic mass is 9.85. The Kier molecular flexibility index (Phi) is 4.20. The lowest BCUT2D eigenvalue weighted by molar-refractivity contribution is 0.0558. The highest BCUT2D eigenvalue weighted by atomic mass is 16.5. The average Bonchev–Trinajstić information content (AvgIpc) is 2.85. The first kappa shape index (κ1) is 11.8. The first-order valence-corrected chi connectivity index (χ1v) is 10.7. The highest BCUT2D eigenvalue weighted by Crippen LogP contribution is 2.44. The molecule has 1 atom stereocenters. The van der Waals surface area contributed by atoms with Gasteiger partial charge in [0.15, 0.2) is 0 Å². The fourth-order valence-electron chi connectivity index (χ4n) is 3.85. The molecule has 1 N–H and O–H groups in total. The number of phenolic OH excluding ortho intramolecular Hbond substituents is 1. The largest absolute Gasteiger partial charge is 0.507 e. The van der Waals surface area contributed by atoms with Gasteiger partial charge in [-0.2, -0.15) is 0 Å². The molecule has 0 radical (unpaired) electrons. The van der Waals surface area contributed by atoms with Gasteiger partial charge in [-0.05, 0) is 123 Å². The average molecular weight is 439 g/mol. The molecule has 2 rings (SSSR count). The van der Waals surface area contributed by atoms with Gasteiger partial charge in [0.05, 0.1) is 1.37 Å². The summed E-state index contributed by atoms with van der Waals surface area (Å²) < 4.78 is 117. The van der Waals surface area contributed by atoms with Gasteiger partial charge in [0.25, 0.3) is 0 Å². The van der Waals surface area contributed by atoms with E-state index in [0.717, 1.165) is 52.5 Å². The summed E-state index contributed by atoms with van der Waals surface area (Å²) in [7, 11) is 0. The zero-order valence-electron chi connectivity index (χ0n) is 33.3. The van der Waals surface area contributed by atoms with Crippen molar-refractivity contribution in [3.05, 3.63) is 57.2 Å². The SMILES string of the molecule is [2H]C(=C(C([2H])([2H])[2H])C([2H])([2H])[2H])C([2H])([2H])C([2H])([2H])/C(=C/CC/C(C)=C/CC[C@]1(C)CCc2c(C)c(O)c(C)c(C)c2O1)C([2H])([2H])[2H]. The molecule has 0 bridgehead atoms. The quantitative estimate of drug-likeness (QED) is 0.391. The number of hydrogen-bond acceptors (Lipinski definition) is 2. The van der Waals surface area contributed by atoms with Gasteiger partial charge in [0, 0.05) is 23.4 Å². The first-order valence-electron chi connectivity index (χ1n) is 17.7. The van der Waals surface area contributed by atoms with Crippen LogP contribution in [0, 0.1) is 20.8 Å². The zero-order chi connectivity index (χ0) is 35.1. The summed E-state index contributed by atoms with van der Waals surface area (Å²) in [4.78, 5) is 0. The molecule has 2 heteroatoms. The standard InChI is InChI=1S/C29H44O2/c1-20(2)12-9-13-21(3)14-10-15-22(4)16-11-18-29(8)19-17-26-25(7)27(30)23(5)24(6)28(26)31-29/h12,14,16,30H,9-11,13,15,17-19H2,1-8H3/b21-14+,22-16+/t29-/m1/s1/i1D3,2D3,3D3,9D2,12D,13D2. The van der Waals surface area contributed by atoms with Gasteiger partial charge in [-0.15, -0.1) is 0 Å². The molecule has 0 unspecified atom stereocenters. The molecule has 1 aromatic rings. The van der Waals surface area contributed by atoms with Gasteiger partial charge >= 0.3 is 0 Å². The summed E-state index contributed by atoms with van der Waals surface area (Å²) in [5, 5.41) is 10.4. The monoisotopic (exact) mass is 438 g/mol. The van der Waals surface area contributed by atoms with Crippen LogP contribution >= 0.6 is 0 Å². The number of hydrogen-bond donors (Lipinski definition) is 1. The Balaban J connectivity index is 2.25. The van der Waals surface area contributed by atoms with Crippen LogP contribution < -0.4 is 4.74 Å². The molecule has 1 aliphatic rings. The molecule has 31 heavy (non-hydrogen) atoms. The van der Waals surface area contributed by atoms with Crippen LogP contribution in [-0.4, -0.2) is 10.7 Å². The van der Waals surface area contributed by atoms with Crippen LogP contribution in [0.15, 0.2) is 34.9 Å². The van der Waals surface area contributed by atoms with Crippen LogP contribution in [-0.2, 0) is 6.42 Å². The molecule has 0 saturated heterocycles. The van der Waals surface area contributed by atoms with Crippen LogP contribution in [0.4, 0.5) is 0 Å². The van der Waals surface area contributed by atoms with E-state index in [9.17, 15) is 5.11 Å². The van der Waals surface area contributed by atoms with Gasteiger partial charge in [0.1, 0.15) is 17.1 Å². The van der Waals surface area contributed by atoms with E-state index in [2.05, 4.69) is 0 Å². The summed E-state index contributed by atoms with van der Waals surface area (Å²) in [6, 6.07) is -1.63. The summed E-state index contributed by atoms with van der Waals surface area (Å²) in [6.45, 7) is -0.461. The molecule has 0 saturated carbocycles. The van der Waals surface area contributed by atoms with Crippen molar-refractivity contribution in [3.63, 3.8) is 0 Å². The second kappa shape index (κ2) is 11.1. The molecule has 0 spiro atoms. The topological polar surface area (TPSA) is 29.5 Å². The van der Waals surface area contributed by atoms with E-state index in [0.29, 0.717) is 25.0 Å². The smallest absolute Gasteiger partial charge is 0.127 e. The van der Waals surface area contributed by atoms with Crippen molar-refractivity contribution in [1.29, 1.82) is 0 Å². The van der Waals surface area contributed by atoms with Crippen LogP contribution in [0.1, 0.15) is 121 Å². The fraction of sp³-hybridized carbons (Fsp3) is 0.586. The van der Waals surface area contributed by atoms with E-state index < -0.39 is 56.1 Å². The third kappa shape index (κ3) is 7.02. The van der Waals surface area contributed by atoms with Crippen LogP contribution in [0.25, 0.3) is 0 Å². The Labute approximate surface area is 210 Å². The van der Waals surface area contributed by atoms with E-state index in [-0.39, 0.29) is 6.42 Å². The maximum atomic E-state index is 10.4. The molecule has 172 valence electrons. The second-order valence-corrected chi connectivity index (χ2v) is 8.58. The molecular formula is C29H44O2. The fourth-order valence-corrected chi connectivity index (χ4v) is 3.85. The second-order valence-electron chi connectivity index (χ2n) is 8.58. The number of phenols is 1. The van der Waals surface area contributed by atoms with Crippen LogP contribution in [0.3, 0.4) is 0 Å². The van der Waals surface area contributed by atoms with Crippen molar-refractivity contribution in [3.8, 4) is 11.5 Å². The Morgan fingerprint density at radius 2 is 1.87 bits per heavy atom. The molecule has 1 aromatic carbocycles. The van der Waals surface area contributed by atoms with Gasteiger partial charge in [-0.25, -0.2) is 0 Å². The minimum Gasteiger partial charge on any atom is -0.507 e.